The summed E-state index contributed by atoms with van der Waals surface area (Å²) in [5.41, 5.74) is 6.05. The number of nitrogens with two attached hydrogens (primary N) is 1. The lowest BCUT2D eigenvalue weighted by molar-refractivity contribution is 0.493. The van der Waals surface area contributed by atoms with Gasteiger partial charge in [-0.15, -0.1) is 0 Å². The summed E-state index contributed by atoms with van der Waals surface area (Å²) in [5, 5.41) is 3.52. The first-order valence-electron chi connectivity index (χ1n) is 7.66. The van der Waals surface area contributed by atoms with E-state index in [4.69, 9.17) is 5.73 Å². The van der Waals surface area contributed by atoms with Crippen LogP contribution < -0.4 is 11.1 Å². The van der Waals surface area contributed by atoms with Gasteiger partial charge in [0.05, 0.1) is 0 Å². The van der Waals surface area contributed by atoms with Crippen LogP contribution in [0.25, 0.3) is 0 Å². The van der Waals surface area contributed by atoms with Crippen molar-refractivity contribution in [3.8, 4) is 0 Å². The van der Waals surface area contributed by atoms with Gasteiger partial charge in [0.2, 0.25) is 0 Å². The Morgan fingerprint density at radius 2 is 1.71 bits per heavy atom. The molecule has 0 amide bonds. The van der Waals surface area contributed by atoms with Gasteiger partial charge < -0.3 is 11.1 Å². The van der Waals surface area contributed by atoms with Crippen LogP contribution in [0.5, 0.6) is 0 Å². The Morgan fingerprint density at radius 1 is 1.00 bits per heavy atom. The third-order valence-corrected chi connectivity index (χ3v) is 3.77. The van der Waals surface area contributed by atoms with E-state index in [0.29, 0.717) is 6.04 Å². The number of rotatable bonds is 11. The van der Waals surface area contributed by atoms with E-state index in [9.17, 15) is 0 Å². The standard InChI is InChI=1S/C15H32N2/c1-13(2)7-5-3-4-6-11-17-12-10-15(16)14-8-9-14/h13-15,17H,3-12,16H2,1-2H3. The SMILES string of the molecule is CC(C)CCCCCCNCCC(N)C1CC1. The van der Waals surface area contributed by atoms with Crippen molar-refractivity contribution >= 4 is 0 Å². The van der Waals surface area contributed by atoms with Crippen LogP contribution in [0.4, 0.5) is 0 Å². The zero-order chi connectivity index (χ0) is 12.5. The highest BCUT2D eigenvalue weighted by Crippen LogP contribution is 2.32. The topological polar surface area (TPSA) is 38.0 Å². The lowest BCUT2D eigenvalue weighted by atomic mass is 10.0. The zero-order valence-corrected chi connectivity index (χ0v) is 11.9. The Kier molecular flexibility index (Phi) is 7.87. The van der Waals surface area contributed by atoms with E-state index in [1.54, 1.807) is 0 Å². The molecular weight excluding hydrogens is 208 g/mol. The number of hydrogen-bond donors (Lipinski definition) is 2. The van der Waals surface area contributed by atoms with Crippen molar-refractivity contribution in [3.63, 3.8) is 0 Å². The van der Waals surface area contributed by atoms with Crippen molar-refractivity contribution in [2.24, 2.45) is 17.6 Å². The highest BCUT2D eigenvalue weighted by molar-refractivity contribution is 4.84. The van der Waals surface area contributed by atoms with Crippen molar-refractivity contribution in [1.82, 2.24) is 5.32 Å². The summed E-state index contributed by atoms with van der Waals surface area (Å²) in [5.74, 6) is 1.73. The Bertz CT molecular complexity index is 176. The van der Waals surface area contributed by atoms with Gasteiger partial charge in [0.25, 0.3) is 0 Å². The normalized spacial score (nSPS) is 17.6. The highest BCUT2D eigenvalue weighted by atomic mass is 14.9. The molecule has 0 saturated heterocycles. The Labute approximate surface area is 108 Å². The molecule has 0 aliphatic heterocycles. The Balaban J connectivity index is 1.72. The van der Waals surface area contributed by atoms with Gasteiger partial charge in [0.1, 0.15) is 0 Å². The van der Waals surface area contributed by atoms with Gasteiger partial charge in [0.15, 0.2) is 0 Å². The average Bonchev–Trinajstić information content (AvgIpc) is 3.09. The van der Waals surface area contributed by atoms with Crippen LogP contribution in [0.15, 0.2) is 0 Å². The summed E-state index contributed by atoms with van der Waals surface area (Å²) in [6.07, 6.45) is 10.8. The lowest BCUT2D eigenvalue weighted by Gasteiger charge is -2.10. The van der Waals surface area contributed by atoms with Crippen molar-refractivity contribution in [1.29, 1.82) is 0 Å². The molecule has 0 heterocycles. The van der Waals surface area contributed by atoms with E-state index >= 15 is 0 Å². The summed E-state index contributed by atoms with van der Waals surface area (Å²) in [7, 11) is 0. The summed E-state index contributed by atoms with van der Waals surface area (Å²) in [6.45, 7) is 6.91. The molecule has 0 radical (unpaired) electrons. The fourth-order valence-corrected chi connectivity index (χ4v) is 2.31. The van der Waals surface area contributed by atoms with Crippen LogP contribution in [0, 0.1) is 11.8 Å². The molecule has 1 aliphatic carbocycles. The molecule has 2 heteroatoms. The molecule has 1 atom stereocenters. The molecule has 0 aromatic carbocycles. The fourth-order valence-electron chi connectivity index (χ4n) is 2.31. The second-order valence-electron chi connectivity index (χ2n) is 6.14. The molecule has 1 fully saturated rings. The largest absolute Gasteiger partial charge is 0.327 e. The first-order chi connectivity index (χ1) is 8.20. The molecule has 17 heavy (non-hydrogen) atoms. The van der Waals surface area contributed by atoms with E-state index in [2.05, 4.69) is 19.2 Å². The second kappa shape index (κ2) is 8.93. The molecule has 1 saturated carbocycles. The first-order valence-corrected chi connectivity index (χ1v) is 7.66. The van der Waals surface area contributed by atoms with Gasteiger partial charge >= 0.3 is 0 Å². The molecular formula is C15H32N2. The molecule has 0 bridgehead atoms. The first kappa shape index (κ1) is 15.0. The molecule has 1 rings (SSSR count). The average molecular weight is 240 g/mol. The molecule has 102 valence electrons. The molecule has 0 aromatic heterocycles. The summed E-state index contributed by atoms with van der Waals surface area (Å²) in [4.78, 5) is 0. The summed E-state index contributed by atoms with van der Waals surface area (Å²) in [6, 6.07) is 0.466. The van der Waals surface area contributed by atoms with E-state index in [1.165, 1.54) is 51.5 Å². The van der Waals surface area contributed by atoms with Crippen molar-refractivity contribution in [2.75, 3.05) is 13.1 Å². The molecule has 1 unspecified atom stereocenters. The smallest absolute Gasteiger partial charge is 0.00792 e. The molecule has 1 aliphatic rings. The van der Waals surface area contributed by atoms with Crippen LogP contribution >= 0.6 is 0 Å². The quantitative estimate of drug-likeness (QED) is 0.544. The molecule has 3 N–H and O–H groups in total. The number of hydrogen-bond acceptors (Lipinski definition) is 2. The maximum absolute atomic E-state index is 6.05. The van der Waals surface area contributed by atoms with Crippen molar-refractivity contribution in [2.45, 2.75) is 71.3 Å². The van der Waals surface area contributed by atoms with Crippen LogP contribution in [0.2, 0.25) is 0 Å². The molecule has 2 nitrogen and oxygen atoms in total. The van der Waals surface area contributed by atoms with E-state index in [0.717, 1.165) is 24.8 Å². The van der Waals surface area contributed by atoms with Gasteiger partial charge in [-0.05, 0) is 50.6 Å². The maximum atomic E-state index is 6.05. The number of nitrogens with one attached hydrogen (secondary N) is 1. The monoisotopic (exact) mass is 240 g/mol. The van der Waals surface area contributed by atoms with Crippen LogP contribution in [0.1, 0.15) is 65.2 Å². The van der Waals surface area contributed by atoms with Crippen LogP contribution in [-0.4, -0.2) is 19.1 Å². The Hall–Kier alpha value is -0.0800. The predicted octanol–water partition coefficient (Wildman–Crippen LogP) is 3.31. The predicted molar refractivity (Wildman–Crippen MR) is 76.1 cm³/mol. The highest BCUT2D eigenvalue weighted by Gasteiger charge is 2.27. The molecule has 0 aromatic rings. The summed E-state index contributed by atoms with van der Waals surface area (Å²) >= 11 is 0. The molecule has 0 spiro atoms. The fraction of sp³-hybridized carbons (Fsp3) is 1.00. The van der Waals surface area contributed by atoms with Crippen LogP contribution in [0.3, 0.4) is 0 Å². The van der Waals surface area contributed by atoms with E-state index < -0.39 is 0 Å². The zero-order valence-electron chi connectivity index (χ0n) is 11.9. The minimum atomic E-state index is 0.466. The van der Waals surface area contributed by atoms with Gasteiger partial charge in [-0.2, -0.15) is 0 Å². The van der Waals surface area contributed by atoms with Gasteiger partial charge in [-0.25, -0.2) is 0 Å². The minimum Gasteiger partial charge on any atom is -0.327 e. The summed E-state index contributed by atoms with van der Waals surface area (Å²) < 4.78 is 0. The van der Waals surface area contributed by atoms with Crippen molar-refractivity contribution < 1.29 is 0 Å². The number of unbranched alkanes of at least 4 members (excludes halogenated alkanes) is 3. The maximum Gasteiger partial charge on any atom is 0.00792 e. The van der Waals surface area contributed by atoms with Gasteiger partial charge in [-0.1, -0.05) is 39.5 Å². The second-order valence-corrected chi connectivity index (χ2v) is 6.14. The lowest BCUT2D eigenvalue weighted by Crippen LogP contribution is -2.28. The Morgan fingerprint density at radius 3 is 2.35 bits per heavy atom. The third kappa shape index (κ3) is 8.62. The van der Waals surface area contributed by atoms with Crippen molar-refractivity contribution in [3.05, 3.63) is 0 Å². The van der Waals surface area contributed by atoms with E-state index in [-0.39, 0.29) is 0 Å². The third-order valence-electron chi connectivity index (χ3n) is 3.77. The minimum absolute atomic E-state index is 0.466. The van der Waals surface area contributed by atoms with E-state index in [1.807, 2.05) is 0 Å². The van der Waals surface area contributed by atoms with Crippen LogP contribution in [-0.2, 0) is 0 Å². The van der Waals surface area contributed by atoms with Gasteiger partial charge in [0, 0.05) is 6.04 Å². The van der Waals surface area contributed by atoms with Gasteiger partial charge in [-0.3, -0.25) is 0 Å².